The fraction of sp³-hybridized carbons (Fsp3) is 0.233. The number of carbonyl (C=O) groups is 2. The summed E-state index contributed by atoms with van der Waals surface area (Å²) in [5.74, 6) is -0.405. The summed E-state index contributed by atoms with van der Waals surface area (Å²) in [6.45, 7) is 4.04. The van der Waals surface area contributed by atoms with Gasteiger partial charge < -0.3 is 14.2 Å². The van der Waals surface area contributed by atoms with Gasteiger partial charge in [0.2, 0.25) is 6.10 Å². The first-order valence-corrected chi connectivity index (χ1v) is 11.7. The number of para-hydroxylation sites is 1. The number of benzene rings is 3. The predicted octanol–water partition coefficient (Wildman–Crippen LogP) is 6.16. The van der Waals surface area contributed by atoms with E-state index >= 15 is 0 Å². The van der Waals surface area contributed by atoms with Crippen molar-refractivity contribution >= 4 is 11.9 Å². The molecular formula is C30H27NO5. The second-order valence-corrected chi connectivity index (χ2v) is 9.21. The molecule has 4 rings (SSSR count). The van der Waals surface area contributed by atoms with Gasteiger partial charge in [-0.25, -0.2) is 4.79 Å². The predicted molar refractivity (Wildman–Crippen MR) is 134 cm³/mol. The van der Waals surface area contributed by atoms with E-state index < -0.39 is 29.4 Å². The van der Waals surface area contributed by atoms with Crippen LogP contribution in [0.4, 0.5) is 0 Å². The van der Waals surface area contributed by atoms with Crippen LogP contribution in [0.2, 0.25) is 0 Å². The molecule has 1 aliphatic rings. The molecule has 0 bridgehead atoms. The van der Waals surface area contributed by atoms with E-state index in [4.69, 9.17) is 14.2 Å². The number of rotatable bonds is 9. The molecule has 0 heterocycles. The quantitative estimate of drug-likeness (QED) is 0.269. The van der Waals surface area contributed by atoms with Gasteiger partial charge >= 0.3 is 11.9 Å². The molecule has 1 fully saturated rings. The molecule has 0 spiro atoms. The number of hydrogen-bond acceptors (Lipinski definition) is 6. The Kier molecular flexibility index (Phi) is 7.50. The number of esters is 2. The van der Waals surface area contributed by atoms with Crippen LogP contribution >= 0.6 is 0 Å². The van der Waals surface area contributed by atoms with Gasteiger partial charge in [0, 0.05) is 11.6 Å². The topological polar surface area (TPSA) is 85.6 Å². The fourth-order valence-corrected chi connectivity index (χ4v) is 4.17. The van der Waals surface area contributed by atoms with E-state index in [0.29, 0.717) is 17.1 Å². The van der Waals surface area contributed by atoms with Gasteiger partial charge in [0.1, 0.15) is 24.2 Å². The van der Waals surface area contributed by atoms with Crippen molar-refractivity contribution in [2.24, 2.45) is 17.3 Å². The van der Waals surface area contributed by atoms with Crippen molar-refractivity contribution in [2.75, 3.05) is 0 Å². The second kappa shape index (κ2) is 10.9. The average molecular weight is 482 g/mol. The first-order valence-electron chi connectivity index (χ1n) is 11.7. The van der Waals surface area contributed by atoms with Crippen molar-refractivity contribution in [1.82, 2.24) is 0 Å². The standard InChI is InChI=1S/C30H27NO5/c1-30(2)25(16-17-27(32)34-20-21-10-5-3-6-11-21)28(30)29(33)36-26(19-31)22-12-9-15-24(18-22)35-23-13-7-4-8-14-23/h3-18,25-26,28H,20H2,1-2H3/t25-,26?,28-/m0/s1. The third kappa shape index (κ3) is 6.00. The Hall–Kier alpha value is -4.37. The lowest BCUT2D eigenvalue weighted by Gasteiger charge is -2.13. The number of allylic oxidation sites excluding steroid dienone is 1. The van der Waals surface area contributed by atoms with Crippen molar-refractivity contribution < 1.29 is 23.8 Å². The monoisotopic (exact) mass is 481 g/mol. The highest BCUT2D eigenvalue weighted by atomic mass is 16.5. The molecule has 1 aliphatic carbocycles. The molecule has 6 nitrogen and oxygen atoms in total. The van der Waals surface area contributed by atoms with Crippen LogP contribution in [-0.2, 0) is 25.7 Å². The van der Waals surface area contributed by atoms with Crippen molar-refractivity contribution in [3.05, 3.63) is 108 Å². The molecular weight excluding hydrogens is 454 g/mol. The molecule has 3 atom stereocenters. The zero-order valence-corrected chi connectivity index (χ0v) is 20.2. The molecule has 0 radical (unpaired) electrons. The van der Waals surface area contributed by atoms with Gasteiger partial charge in [-0.2, -0.15) is 5.26 Å². The van der Waals surface area contributed by atoms with Gasteiger partial charge in [0.15, 0.2) is 0 Å². The van der Waals surface area contributed by atoms with Crippen LogP contribution in [0.3, 0.4) is 0 Å². The maximum atomic E-state index is 13.0. The Morgan fingerprint density at radius 2 is 1.64 bits per heavy atom. The van der Waals surface area contributed by atoms with E-state index in [2.05, 4.69) is 6.07 Å². The molecule has 3 aromatic rings. The Morgan fingerprint density at radius 1 is 0.972 bits per heavy atom. The summed E-state index contributed by atoms with van der Waals surface area (Å²) in [6, 6.07) is 27.7. The van der Waals surface area contributed by atoms with E-state index in [1.807, 2.05) is 74.5 Å². The minimum Gasteiger partial charge on any atom is -0.458 e. The van der Waals surface area contributed by atoms with E-state index in [9.17, 15) is 14.9 Å². The molecule has 0 aliphatic heterocycles. The Labute approximate surface area is 210 Å². The molecule has 1 unspecified atom stereocenters. The number of carbonyl (C=O) groups excluding carboxylic acids is 2. The molecule has 3 aromatic carbocycles. The van der Waals surface area contributed by atoms with Crippen LogP contribution in [0.25, 0.3) is 0 Å². The highest BCUT2D eigenvalue weighted by molar-refractivity contribution is 5.83. The first kappa shape index (κ1) is 24.7. The third-order valence-corrected chi connectivity index (χ3v) is 6.32. The van der Waals surface area contributed by atoms with Gasteiger partial charge in [0.25, 0.3) is 0 Å². The minimum absolute atomic E-state index is 0.181. The van der Waals surface area contributed by atoms with Crippen LogP contribution in [0, 0.1) is 28.6 Å². The Bertz CT molecular complexity index is 1280. The summed E-state index contributed by atoms with van der Waals surface area (Å²) in [4.78, 5) is 25.1. The largest absolute Gasteiger partial charge is 0.458 e. The van der Waals surface area contributed by atoms with Crippen LogP contribution in [0.1, 0.15) is 31.1 Å². The summed E-state index contributed by atoms with van der Waals surface area (Å²) < 4.78 is 16.7. The summed E-state index contributed by atoms with van der Waals surface area (Å²) in [5.41, 5.74) is 1.02. The number of nitrogens with zero attached hydrogens (tertiary/aromatic N) is 1. The maximum absolute atomic E-state index is 13.0. The number of nitriles is 1. The third-order valence-electron chi connectivity index (χ3n) is 6.32. The lowest BCUT2D eigenvalue weighted by Crippen LogP contribution is -2.14. The smallest absolute Gasteiger partial charge is 0.330 e. The van der Waals surface area contributed by atoms with Gasteiger partial charge in [-0.1, -0.05) is 80.6 Å². The highest BCUT2D eigenvalue weighted by Gasteiger charge is 2.61. The van der Waals surface area contributed by atoms with Gasteiger partial charge in [-0.3, -0.25) is 4.79 Å². The van der Waals surface area contributed by atoms with E-state index in [1.54, 1.807) is 30.3 Å². The lowest BCUT2D eigenvalue weighted by atomic mass is 10.1. The molecule has 0 saturated heterocycles. The van der Waals surface area contributed by atoms with Crippen LogP contribution < -0.4 is 4.74 Å². The van der Waals surface area contributed by atoms with Crippen molar-refractivity contribution in [2.45, 2.75) is 26.6 Å². The molecule has 0 aromatic heterocycles. The highest BCUT2D eigenvalue weighted by Crippen LogP contribution is 2.59. The van der Waals surface area contributed by atoms with Gasteiger partial charge in [-0.05, 0) is 41.2 Å². The molecule has 36 heavy (non-hydrogen) atoms. The SMILES string of the molecule is CC1(C)[C@H](C(=O)OC(C#N)c2cccc(Oc3ccccc3)c2)[C@@H]1C=CC(=O)OCc1ccccc1. The number of ether oxygens (including phenoxy) is 3. The fourth-order valence-electron chi connectivity index (χ4n) is 4.17. The first-order chi connectivity index (χ1) is 17.4. The van der Waals surface area contributed by atoms with Gasteiger partial charge in [0.05, 0.1) is 5.92 Å². The molecule has 182 valence electrons. The van der Waals surface area contributed by atoms with Crippen LogP contribution in [-0.4, -0.2) is 11.9 Å². The second-order valence-electron chi connectivity index (χ2n) is 9.21. The Balaban J connectivity index is 1.35. The molecule has 6 heteroatoms. The van der Waals surface area contributed by atoms with Crippen molar-refractivity contribution in [3.63, 3.8) is 0 Å². The number of hydrogen-bond donors (Lipinski definition) is 0. The summed E-state index contributed by atoms with van der Waals surface area (Å²) in [7, 11) is 0. The van der Waals surface area contributed by atoms with Crippen molar-refractivity contribution in [1.29, 1.82) is 5.26 Å². The molecule has 0 amide bonds. The minimum atomic E-state index is -1.08. The van der Waals surface area contributed by atoms with E-state index in [-0.39, 0.29) is 12.5 Å². The summed E-state index contributed by atoms with van der Waals surface area (Å²) in [6.07, 6.45) is 1.97. The van der Waals surface area contributed by atoms with Crippen LogP contribution in [0.15, 0.2) is 97.1 Å². The van der Waals surface area contributed by atoms with Crippen molar-refractivity contribution in [3.8, 4) is 17.6 Å². The normalized spacial score (nSPS) is 18.6. The Morgan fingerprint density at radius 3 is 2.33 bits per heavy atom. The average Bonchev–Trinajstić information content (AvgIpc) is 3.46. The molecule has 1 saturated carbocycles. The zero-order valence-electron chi connectivity index (χ0n) is 20.2. The van der Waals surface area contributed by atoms with Gasteiger partial charge in [-0.15, -0.1) is 0 Å². The summed E-state index contributed by atoms with van der Waals surface area (Å²) >= 11 is 0. The van der Waals surface area contributed by atoms with E-state index in [1.165, 1.54) is 6.08 Å². The molecule has 0 N–H and O–H groups in total. The zero-order chi connectivity index (χ0) is 25.5. The van der Waals surface area contributed by atoms with E-state index in [0.717, 1.165) is 5.56 Å². The maximum Gasteiger partial charge on any atom is 0.330 e. The van der Waals surface area contributed by atoms with Crippen LogP contribution in [0.5, 0.6) is 11.5 Å². The summed E-state index contributed by atoms with van der Waals surface area (Å²) in [5, 5.41) is 9.69. The lowest BCUT2D eigenvalue weighted by molar-refractivity contribution is -0.149.